The number of hydrogen-bond donors (Lipinski definition) is 0. The maximum atomic E-state index is 3.26. The second-order valence-corrected chi connectivity index (χ2v) is 6.45. The van der Waals surface area contributed by atoms with Gasteiger partial charge in [-0.05, 0) is 0 Å². The fourth-order valence-corrected chi connectivity index (χ4v) is 3.25. The van der Waals surface area contributed by atoms with Gasteiger partial charge in [-0.3, -0.25) is 0 Å². The van der Waals surface area contributed by atoms with Gasteiger partial charge in [-0.15, -0.1) is 0 Å². The van der Waals surface area contributed by atoms with Crippen molar-refractivity contribution in [3.8, 4) is 11.8 Å². The molecule has 86 valence electrons. The molecule has 1 aromatic rings. The van der Waals surface area contributed by atoms with Crippen LogP contribution in [0.15, 0.2) is 24.3 Å². The van der Waals surface area contributed by atoms with Gasteiger partial charge in [0.15, 0.2) is 0 Å². The van der Waals surface area contributed by atoms with Crippen LogP contribution >= 0.6 is 0 Å². The molecule has 0 saturated carbocycles. The molecule has 0 heterocycles. The summed E-state index contributed by atoms with van der Waals surface area (Å²) < 4.78 is 0. The zero-order valence-electron chi connectivity index (χ0n) is 10.3. The van der Waals surface area contributed by atoms with Gasteiger partial charge in [0.05, 0.1) is 0 Å². The third-order valence-electron chi connectivity index (χ3n) is 2.30. The van der Waals surface area contributed by atoms with Crippen molar-refractivity contribution in [1.29, 1.82) is 0 Å². The fraction of sp³-hybridized carbons (Fsp3) is 0.467. The fourth-order valence-electron chi connectivity index (χ4n) is 1.27. The molecule has 0 aliphatic heterocycles. The summed E-state index contributed by atoms with van der Waals surface area (Å²) in [7, 11) is 0. The van der Waals surface area contributed by atoms with E-state index in [1.807, 2.05) is 0 Å². The molecule has 0 aromatic heterocycles. The Kier molecular flexibility index (Phi) is 7.06. The van der Waals surface area contributed by atoms with Crippen LogP contribution in [0.3, 0.4) is 0 Å². The van der Waals surface area contributed by atoms with Gasteiger partial charge in [0.2, 0.25) is 0 Å². The Morgan fingerprint density at radius 2 is 1.88 bits per heavy atom. The summed E-state index contributed by atoms with van der Waals surface area (Å²) in [6, 6.07) is 8.44. The van der Waals surface area contributed by atoms with E-state index in [9.17, 15) is 0 Å². The van der Waals surface area contributed by atoms with E-state index >= 15 is 0 Å². The summed E-state index contributed by atoms with van der Waals surface area (Å²) in [5, 5.41) is 2.74. The first-order chi connectivity index (χ1) is 7.83. The topological polar surface area (TPSA) is 0 Å². The van der Waals surface area contributed by atoms with E-state index in [0.29, 0.717) is 0 Å². The second-order valence-electron chi connectivity index (χ2n) is 3.88. The van der Waals surface area contributed by atoms with Crippen molar-refractivity contribution in [2.24, 2.45) is 0 Å². The quantitative estimate of drug-likeness (QED) is 0.433. The third-order valence-corrected chi connectivity index (χ3v) is 4.54. The summed E-state index contributed by atoms with van der Waals surface area (Å²) in [5.41, 5.74) is 2.44. The Morgan fingerprint density at radius 3 is 2.56 bits per heavy atom. The Hall–Kier alpha value is -0.701. The van der Waals surface area contributed by atoms with Crippen molar-refractivity contribution in [2.75, 3.05) is 0 Å². The van der Waals surface area contributed by atoms with Crippen LogP contribution in [0.5, 0.6) is 0 Å². The van der Waals surface area contributed by atoms with Gasteiger partial charge >= 0.3 is 106 Å². The molecule has 0 N–H and O–H groups in total. The molecule has 0 atom stereocenters. The molecule has 0 bridgehead atoms. The number of unbranched alkanes of at least 4 members (excludes halogenated alkanes) is 1. The number of benzene rings is 1. The molecular formula is C15H20Se. The first-order valence-electron chi connectivity index (χ1n) is 5.96. The predicted molar refractivity (Wildman–Crippen MR) is 73.0 cm³/mol. The summed E-state index contributed by atoms with van der Waals surface area (Å²) in [4.78, 5) is 0. The van der Waals surface area contributed by atoms with Gasteiger partial charge in [-0.1, -0.05) is 0 Å². The molecule has 0 saturated heterocycles. The summed E-state index contributed by atoms with van der Waals surface area (Å²) in [6.45, 7) is 4.36. The molecule has 0 spiro atoms. The zero-order valence-corrected chi connectivity index (χ0v) is 12.0. The van der Waals surface area contributed by atoms with Crippen molar-refractivity contribution in [3.05, 3.63) is 35.4 Å². The molecule has 1 aromatic carbocycles. The van der Waals surface area contributed by atoms with Gasteiger partial charge in [0, 0.05) is 0 Å². The second kappa shape index (κ2) is 8.45. The molecule has 1 rings (SSSR count). The molecule has 0 amide bonds. The monoisotopic (exact) mass is 280 g/mol. The Bertz CT molecular complexity index is 340. The Balaban J connectivity index is 2.20. The van der Waals surface area contributed by atoms with E-state index in [0.717, 1.165) is 26.9 Å². The molecular weight excluding hydrogens is 259 g/mol. The number of rotatable bonds is 5. The van der Waals surface area contributed by atoms with Crippen LogP contribution < -0.4 is 0 Å². The van der Waals surface area contributed by atoms with E-state index in [-0.39, 0.29) is 0 Å². The van der Waals surface area contributed by atoms with Gasteiger partial charge in [-0.25, -0.2) is 0 Å². The molecule has 0 aliphatic rings. The van der Waals surface area contributed by atoms with Crippen molar-refractivity contribution in [1.82, 2.24) is 0 Å². The molecule has 0 radical (unpaired) electrons. The van der Waals surface area contributed by atoms with Crippen LogP contribution in [-0.4, -0.2) is 15.0 Å². The van der Waals surface area contributed by atoms with E-state index in [2.05, 4.69) is 50.0 Å². The molecule has 1 heteroatoms. The summed E-state index contributed by atoms with van der Waals surface area (Å²) in [6.07, 6.45) is 3.79. The average Bonchev–Trinajstić information content (AvgIpc) is 2.30. The predicted octanol–water partition coefficient (Wildman–Crippen LogP) is 4.08. The SMILES string of the molecule is CCCC[Se]CCC#Cc1ccc(C)cc1. The van der Waals surface area contributed by atoms with Crippen molar-refractivity contribution in [2.45, 2.75) is 43.7 Å². The van der Waals surface area contributed by atoms with Gasteiger partial charge in [-0.2, -0.15) is 0 Å². The normalized spacial score (nSPS) is 9.62. The number of hydrogen-bond acceptors (Lipinski definition) is 0. The van der Waals surface area contributed by atoms with Gasteiger partial charge < -0.3 is 0 Å². The average molecular weight is 279 g/mol. The zero-order chi connectivity index (χ0) is 11.6. The van der Waals surface area contributed by atoms with Crippen LogP contribution in [0, 0.1) is 18.8 Å². The first kappa shape index (κ1) is 13.4. The number of aryl methyl sites for hydroxylation is 1. The van der Waals surface area contributed by atoms with Crippen LogP contribution in [0.4, 0.5) is 0 Å². The Labute approximate surface area is 106 Å². The minimum absolute atomic E-state index is 0.817. The van der Waals surface area contributed by atoms with Crippen molar-refractivity contribution < 1.29 is 0 Å². The van der Waals surface area contributed by atoms with Crippen LogP contribution in [0.25, 0.3) is 0 Å². The van der Waals surface area contributed by atoms with Gasteiger partial charge in [0.1, 0.15) is 0 Å². The standard InChI is InChI=1S/C15H20Se/c1-3-4-12-16-13-6-5-7-15-10-8-14(2)9-11-15/h8-11H,3-4,6,12-13H2,1-2H3. The minimum atomic E-state index is 0.817. The molecule has 16 heavy (non-hydrogen) atoms. The van der Waals surface area contributed by atoms with E-state index < -0.39 is 0 Å². The molecule has 0 unspecified atom stereocenters. The summed E-state index contributed by atoms with van der Waals surface area (Å²) >= 11 is 0.817. The first-order valence-corrected chi connectivity index (χ1v) is 8.38. The van der Waals surface area contributed by atoms with Crippen molar-refractivity contribution >= 4 is 15.0 Å². The van der Waals surface area contributed by atoms with E-state index in [1.165, 1.54) is 29.0 Å². The van der Waals surface area contributed by atoms with Crippen molar-refractivity contribution in [3.63, 3.8) is 0 Å². The van der Waals surface area contributed by atoms with Gasteiger partial charge in [0.25, 0.3) is 0 Å². The van der Waals surface area contributed by atoms with Crippen LogP contribution in [-0.2, 0) is 0 Å². The summed E-state index contributed by atoms with van der Waals surface area (Å²) in [5.74, 6) is 6.49. The maximum absolute atomic E-state index is 3.26. The van der Waals surface area contributed by atoms with E-state index in [1.54, 1.807) is 0 Å². The third kappa shape index (κ3) is 6.01. The van der Waals surface area contributed by atoms with Crippen LogP contribution in [0.2, 0.25) is 10.6 Å². The molecule has 0 nitrogen and oxygen atoms in total. The molecule has 0 fully saturated rings. The molecule has 0 aliphatic carbocycles. The Morgan fingerprint density at radius 1 is 1.12 bits per heavy atom. The van der Waals surface area contributed by atoms with Crippen LogP contribution in [0.1, 0.15) is 37.3 Å². The van der Waals surface area contributed by atoms with E-state index in [4.69, 9.17) is 0 Å².